The maximum Gasteiger partial charge on any atom is 0.472 e. The highest BCUT2D eigenvalue weighted by molar-refractivity contribution is 7.87. The Morgan fingerprint density at radius 3 is 2.16 bits per heavy atom. The molecule has 250 valence electrons. The van der Waals surface area contributed by atoms with Crippen molar-refractivity contribution in [3.05, 3.63) is 0 Å². The highest BCUT2D eigenvalue weighted by Crippen LogP contribution is 2.71. The van der Waals surface area contributed by atoms with Gasteiger partial charge in [0.25, 0.3) is 10.1 Å². The van der Waals surface area contributed by atoms with Crippen LogP contribution in [0.2, 0.25) is 0 Å². The minimum absolute atomic E-state index is 0.000636. The maximum absolute atomic E-state index is 13.0. The molecule has 5 aliphatic rings. The summed E-state index contributed by atoms with van der Waals surface area (Å²) in [5.41, 5.74) is -1.25. The van der Waals surface area contributed by atoms with E-state index in [-0.39, 0.29) is 36.2 Å². The number of hydrogen-bond donors (Lipinski definition) is 5. The van der Waals surface area contributed by atoms with Crippen LogP contribution < -0.4 is 0 Å². The Kier molecular flexibility index (Phi) is 9.14. The zero-order chi connectivity index (χ0) is 32.0. The number of phosphoric ester groups is 1. The topological polar surface area (TPSA) is 189 Å². The number of aliphatic hydroxyl groups is 3. The fourth-order valence-corrected chi connectivity index (χ4v) is 12.4. The smallest absolute Gasteiger partial charge is 0.391 e. The summed E-state index contributed by atoms with van der Waals surface area (Å²) >= 11 is 0. The first-order valence-corrected chi connectivity index (χ1v) is 18.7. The van der Waals surface area contributed by atoms with Gasteiger partial charge < -0.3 is 24.9 Å². The lowest BCUT2D eigenvalue weighted by molar-refractivity contribution is -0.242. The van der Waals surface area contributed by atoms with Gasteiger partial charge in [-0.15, -0.1) is 4.33 Å². The van der Waals surface area contributed by atoms with Crippen molar-refractivity contribution in [1.82, 2.24) is 0 Å². The van der Waals surface area contributed by atoms with E-state index < -0.39 is 82.3 Å². The van der Waals surface area contributed by atoms with Crippen LogP contribution in [-0.2, 0) is 32.8 Å². The predicted octanol–water partition coefficient (Wildman–Crippen LogP) is 3.18. The van der Waals surface area contributed by atoms with Crippen LogP contribution in [0.3, 0.4) is 0 Å². The van der Waals surface area contributed by atoms with Gasteiger partial charge >= 0.3 is 7.82 Å². The van der Waals surface area contributed by atoms with Crippen LogP contribution in [0.15, 0.2) is 0 Å². The highest BCUT2D eigenvalue weighted by Gasteiger charge is 2.73. The summed E-state index contributed by atoms with van der Waals surface area (Å²) in [4.78, 5) is 10.6. The fourth-order valence-electron chi connectivity index (χ4n) is 10.7. The summed E-state index contributed by atoms with van der Waals surface area (Å²) in [6.45, 7) is 12.7. The van der Waals surface area contributed by atoms with E-state index in [0.717, 1.165) is 13.5 Å². The minimum atomic E-state index is -4.51. The zero-order valence-electron chi connectivity index (χ0n) is 26.1. The molecular formula is C29H51O12PS. The van der Waals surface area contributed by atoms with Crippen LogP contribution in [0, 0.1) is 58.2 Å². The molecule has 0 spiro atoms. The van der Waals surface area contributed by atoms with Crippen molar-refractivity contribution >= 4 is 17.9 Å². The van der Waals surface area contributed by atoms with E-state index in [4.69, 9.17) is 19.0 Å². The maximum atomic E-state index is 13.0. The fraction of sp³-hybridized carbons (Fsp3) is 1.00. The monoisotopic (exact) mass is 654 g/mol. The first-order valence-electron chi connectivity index (χ1n) is 15.7. The Hall–Kier alpha value is -0.180. The summed E-state index contributed by atoms with van der Waals surface area (Å²) in [5.74, 6) is -1.62. The van der Waals surface area contributed by atoms with Crippen LogP contribution in [0.4, 0.5) is 0 Å². The second kappa shape index (κ2) is 11.5. The van der Waals surface area contributed by atoms with Gasteiger partial charge in [0.1, 0.15) is 5.25 Å². The van der Waals surface area contributed by atoms with Crippen LogP contribution in [0.25, 0.3) is 0 Å². The summed E-state index contributed by atoms with van der Waals surface area (Å²) < 4.78 is 59.3. The van der Waals surface area contributed by atoms with Crippen LogP contribution in [0.1, 0.15) is 73.6 Å². The summed E-state index contributed by atoms with van der Waals surface area (Å²) in [7, 11) is -7.90. The standard InChI is InChI=1S/C29H51O12PS/c1-13(2)15(4)17-12-14(3)20-26(39-17)27(40-42(34,35)38-7)21-19-16(8-10-29(20,21)6)28(5)11-9-18(43(36,37)41-33)23(30)22(28)25(32)24(19)31/h13-27,30-33H,8-12H2,1-7H3,(H,34,35). The van der Waals surface area contributed by atoms with E-state index >= 15 is 0 Å². The minimum Gasteiger partial charge on any atom is -0.391 e. The van der Waals surface area contributed by atoms with Gasteiger partial charge in [-0.1, -0.05) is 41.5 Å². The van der Waals surface area contributed by atoms with E-state index in [0.29, 0.717) is 25.2 Å². The number of phosphoric acid groups is 1. The predicted molar refractivity (Wildman–Crippen MR) is 155 cm³/mol. The number of hydrogen-bond acceptors (Lipinski definition) is 11. The highest BCUT2D eigenvalue weighted by atomic mass is 32.2. The number of fused-ring (bicyclic) bond motifs is 7. The largest absolute Gasteiger partial charge is 0.472 e. The SMILES string of the molecule is COP(=O)(O)OC1C2OC(C(C)C(C)C)CC(C)C2C2(C)CCC3C(C(O)C(O)C4C(O)C(S(=O)(=O)OO)CCC34C)C12. The van der Waals surface area contributed by atoms with Crippen molar-refractivity contribution in [3.63, 3.8) is 0 Å². The molecule has 12 nitrogen and oxygen atoms in total. The Bertz CT molecular complexity index is 1200. The van der Waals surface area contributed by atoms with Crippen molar-refractivity contribution in [2.45, 2.75) is 116 Å². The van der Waals surface area contributed by atoms with Crippen molar-refractivity contribution < 1.29 is 56.6 Å². The van der Waals surface area contributed by atoms with Crippen molar-refractivity contribution in [2.24, 2.45) is 58.2 Å². The quantitative estimate of drug-likeness (QED) is 0.153. The lowest BCUT2D eigenvalue weighted by Gasteiger charge is -2.64. The van der Waals surface area contributed by atoms with Gasteiger partial charge in [-0.05, 0) is 84.4 Å². The summed E-state index contributed by atoms with van der Waals surface area (Å²) in [6.07, 6.45) is -3.54. The van der Waals surface area contributed by atoms with Crippen LogP contribution in [0.5, 0.6) is 0 Å². The van der Waals surface area contributed by atoms with Crippen molar-refractivity contribution in [1.29, 1.82) is 0 Å². The third kappa shape index (κ3) is 5.21. The Morgan fingerprint density at radius 2 is 1.58 bits per heavy atom. The molecule has 14 heteroatoms. The van der Waals surface area contributed by atoms with Gasteiger partial charge in [-0.3, -0.25) is 9.05 Å². The third-order valence-corrected chi connectivity index (χ3v) is 15.4. The number of aliphatic hydroxyl groups excluding tert-OH is 3. The molecule has 1 heterocycles. The lowest BCUT2D eigenvalue weighted by atomic mass is 9.42. The number of ether oxygens (including phenoxy) is 1. The molecule has 0 radical (unpaired) electrons. The molecule has 5 fully saturated rings. The second-order valence-electron chi connectivity index (χ2n) is 15.1. The Balaban J connectivity index is 1.58. The molecule has 0 amide bonds. The Labute approximate surface area is 255 Å². The first-order chi connectivity index (χ1) is 19.9. The summed E-state index contributed by atoms with van der Waals surface area (Å²) in [6, 6.07) is 0. The van der Waals surface area contributed by atoms with Gasteiger partial charge in [-0.2, -0.15) is 8.42 Å². The molecule has 0 bridgehead atoms. The van der Waals surface area contributed by atoms with E-state index in [2.05, 4.69) is 39.0 Å². The lowest BCUT2D eigenvalue weighted by Crippen LogP contribution is -2.69. The third-order valence-electron chi connectivity index (χ3n) is 13.0. The van der Waals surface area contributed by atoms with Crippen molar-refractivity contribution in [2.75, 3.05) is 7.11 Å². The molecule has 1 aliphatic heterocycles. The summed E-state index contributed by atoms with van der Waals surface area (Å²) in [5, 5.41) is 42.4. The molecule has 0 aromatic rings. The molecule has 0 aromatic heterocycles. The molecular weight excluding hydrogens is 603 g/mol. The zero-order valence-corrected chi connectivity index (χ0v) is 27.9. The first kappa shape index (κ1) is 34.2. The molecule has 43 heavy (non-hydrogen) atoms. The van der Waals surface area contributed by atoms with Crippen LogP contribution >= 0.6 is 7.82 Å². The molecule has 4 saturated carbocycles. The molecule has 5 N–H and O–H groups in total. The van der Waals surface area contributed by atoms with E-state index in [9.17, 15) is 33.2 Å². The second-order valence-corrected chi connectivity index (χ2v) is 18.4. The van der Waals surface area contributed by atoms with Gasteiger partial charge in [0.05, 0.1) is 36.6 Å². The van der Waals surface area contributed by atoms with E-state index in [1.54, 1.807) is 0 Å². The van der Waals surface area contributed by atoms with Crippen LogP contribution in [-0.4, -0.2) is 82.9 Å². The van der Waals surface area contributed by atoms with Gasteiger partial charge in [0.15, 0.2) is 0 Å². The van der Waals surface area contributed by atoms with Gasteiger partial charge in [0.2, 0.25) is 0 Å². The average molecular weight is 655 g/mol. The number of rotatable bonds is 7. The Morgan fingerprint density at radius 1 is 0.953 bits per heavy atom. The molecule has 0 aromatic carbocycles. The molecule has 5 rings (SSSR count). The molecule has 1 saturated heterocycles. The van der Waals surface area contributed by atoms with Gasteiger partial charge in [0, 0.05) is 13.0 Å². The molecule has 17 unspecified atom stereocenters. The van der Waals surface area contributed by atoms with E-state index in [1.807, 2.05) is 6.92 Å². The molecule has 4 aliphatic carbocycles. The molecule has 17 atom stereocenters. The van der Waals surface area contributed by atoms with E-state index in [1.165, 1.54) is 0 Å². The normalized spacial score (nSPS) is 52.0. The van der Waals surface area contributed by atoms with Crippen molar-refractivity contribution in [3.8, 4) is 0 Å². The van der Waals surface area contributed by atoms with Gasteiger partial charge in [-0.25, -0.2) is 9.82 Å². The average Bonchev–Trinajstić information content (AvgIpc) is 3.18.